The summed E-state index contributed by atoms with van der Waals surface area (Å²) in [6.07, 6.45) is 1.64. The van der Waals surface area contributed by atoms with Gasteiger partial charge in [0.1, 0.15) is 16.6 Å². The first-order chi connectivity index (χ1) is 12.7. The lowest BCUT2D eigenvalue weighted by Gasteiger charge is -2.04. The van der Waals surface area contributed by atoms with Crippen molar-refractivity contribution in [2.24, 2.45) is 0 Å². The summed E-state index contributed by atoms with van der Waals surface area (Å²) in [6.45, 7) is 1.46. The van der Waals surface area contributed by atoms with Gasteiger partial charge in [0.2, 0.25) is 5.91 Å². The Hall–Kier alpha value is -3.43. The molecular formula is C20H16N4OS. The molecule has 0 unspecified atom stereocenters. The van der Waals surface area contributed by atoms with E-state index in [9.17, 15) is 10.1 Å². The summed E-state index contributed by atoms with van der Waals surface area (Å²) in [7, 11) is 0. The van der Waals surface area contributed by atoms with Gasteiger partial charge in [-0.2, -0.15) is 5.26 Å². The molecule has 0 bridgehead atoms. The third-order valence-electron chi connectivity index (χ3n) is 3.51. The van der Waals surface area contributed by atoms with Crippen molar-refractivity contribution in [1.82, 2.24) is 4.98 Å². The Kier molecular flexibility index (Phi) is 5.42. The van der Waals surface area contributed by atoms with E-state index in [1.54, 1.807) is 18.3 Å². The number of benzene rings is 2. The Morgan fingerprint density at radius 1 is 1.12 bits per heavy atom. The van der Waals surface area contributed by atoms with Crippen LogP contribution in [0.4, 0.5) is 11.4 Å². The summed E-state index contributed by atoms with van der Waals surface area (Å²) in [5.41, 5.74) is 3.87. The van der Waals surface area contributed by atoms with E-state index < -0.39 is 0 Å². The fourth-order valence-corrected chi connectivity index (χ4v) is 3.08. The van der Waals surface area contributed by atoms with Crippen LogP contribution in [0, 0.1) is 11.3 Å². The number of anilines is 2. The average Bonchev–Trinajstić information content (AvgIpc) is 3.14. The Bertz CT molecular complexity index is 969. The number of thiazole rings is 1. The number of allylic oxidation sites excluding steroid dienone is 1. The molecule has 0 spiro atoms. The summed E-state index contributed by atoms with van der Waals surface area (Å²) < 4.78 is 0. The minimum absolute atomic E-state index is 0.115. The Morgan fingerprint density at radius 2 is 1.81 bits per heavy atom. The first kappa shape index (κ1) is 17.4. The fourth-order valence-electron chi connectivity index (χ4n) is 2.29. The van der Waals surface area contributed by atoms with Crippen LogP contribution in [0.15, 0.2) is 66.2 Å². The van der Waals surface area contributed by atoms with Crippen molar-refractivity contribution in [3.8, 4) is 17.3 Å². The molecule has 0 fully saturated rings. The first-order valence-electron chi connectivity index (χ1n) is 7.91. The Balaban J connectivity index is 1.74. The highest BCUT2D eigenvalue weighted by Gasteiger charge is 2.08. The number of aromatic nitrogens is 1. The summed E-state index contributed by atoms with van der Waals surface area (Å²) in [6, 6.07) is 19.3. The number of rotatable bonds is 5. The molecule has 2 aromatic carbocycles. The number of nitrogens with zero attached hydrogens (tertiary/aromatic N) is 2. The molecule has 2 N–H and O–H groups in total. The van der Waals surface area contributed by atoms with Crippen LogP contribution in [-0.2, 0) is 4.79 Å². The molecule has 1 heterocycles. The molecule has 26 heavy (non-hydrogen) atoms. The largest absolute Gasteiger partial charge is 0.360 e. The van der Waals surface area contributed by atoms with Gasteiger partial charge in [0, 0.05) is 35.4 Å². The maximum Gasteiger partial charge on any atom is 0.221 e. The molecule has 0 radical (unpaired) electrons. The minimum atomic E-state index is -0.115. The van der Waals surface area contributed by atoms with E-state index in [-0.39, 0.29) is 5.91 Å². The monoisotopic (exact) mass is 360 g/mol. The molecule has 3 rings (SSSR count). The van der Waals surface area contributed by atoms with Gasteiger partial charge in [-0.05, 0) is 24.3 Å². The van der Waals surface area contributed by atoms with Crippen LogP contribution in [0.1, 0.15) is 11.9 Å². The van der Waals surface area contributed by atoms with Crippen LogP contribution >= 0.6 is 11.3 Å². The number of carbonyl (C=O) groups excluding carboxylic acids is 1. The van der Waals surface area contributed by atoms with Gasteiger partial charge in [-0.15, -0.1) is 11.3 Å². The van der Waals surface area contributed by atoms with E-state index in [4.69, 9.17) is 0 Å². The molecule has 1 amide bonds. The maximum absolute atomic E-state index is 11.0. The molecule has 3 aromatic rings. The van der Waals surface area contributed by atoms with Gasteiger partial charge in [-0.3, -0.25) is 4.79 Å². The number of nitriles is 1. The third kappa shape index (κ3) is 4.35. The van der Waals surface area contributed by atoms with Crippen LogP contribution < -0.4 is 10.6 Å². The van der Waals surface area contributed by atoms with Crippen molar-refractivity contribution in [2.45, 2.75) is 6.92 Å². The average molecular weight is 360 g/mol. The molecule has 128 valence electrons. The van der Waals surface area contributed by atoms with Crippen molar-refractivity contribution in [3.05, 3.63) is 71.2 Å². The zero-order valence-electron chi connectivity index (χ0n) is 14.1. The van der Waals surface area contributed by atoms with Crippen LogP contribution in [0.25, 0.3) is 16.8 Å². The van der Waals surface area contributed by atoms with Crippen LogP contribution in [0.5, 0.6) is 0 Å². The smallest absolute Gasteiger partial charge is 0.221 e. The molecule has 0 aliphatic rings. The quantitative estimate of drug-likeness (QED) is 0.644. The van der Waals surface area contributed by atoms with Gasteiger partial charge in [-0.25, -0.2) is 4.98 Å². The lowest BCUT2D eigenvalue weighted by molar-refractivity contribution is -0.114. The van der Waals surface area contributed by atoms with E-state index in [1.807, 2.05) is 47.8 Å². The zero-order valence-corrected chi connectivity index (χ0v) is 14.9. The summed E-state index contributed by atoms with van der Waals surface area (Å²) in [5, 5.41) is 17.8. The van der Waals surface area contributed by atoms with Gasteiger partial charge in [0.15, 0.2) is 0 Å². The van der Waals surface area contributed by atoms with E-state index in [2.05, 4.69) is 21.7 Å². The van der Waals surface area contributed by atoms with E-state index in [0.717, 1.165) is 22.6 Å². The molecule has 0 atom stereocenters. The fraction of sp³-hybridized carbons (Fsp3) is 0.0500. The highest BCUT2D eigenvalue weighted by molar-refractivity contribution is 7.11. The number of carbonyl (C=O) groups is 1. The van der Waals surface area contributed by atoms with Crippen molar-refractivity contribution in [3.63, 3.8) is 0 Å². The second kappa shape index (κ2) is 8.10. The number of nitrogens with one attached hydrogen (secondary N) is 2. The van der Waals surface area contributed by atoms with Gasteiger partial charge >= 0.3 is 0 Å². The van der Waals surface area contributed by atoms with Crippen LogP contribution in [0.3, 0.4) is 0 Å². The second-order valence-electron chi connectivity index (χ2n) is 5.48. The van der Waals surface area contributed by atoms with Crippen LogP contribution in [-0.4, -0.2) is 10.9 Å². The number of hydrogen-bond acceptors (Lipinski definition) is 5. The normalized spacial score (nSPS) is 10.8. The van der Waals surface area contributed by atoms with E-state index in [0.29, 0.717) is 10.6 Å². The molecular weight excluding hydrogens is 344 g/mol. The van der Waals surface area contributed by atoms with Gasteiger partial charge in [-0.1, -0.05) is 30.3 Å². The van der Waals surface area contributed by atoms with Crippen molar-refractivity contribution in [2.75, 3.05) is 10.6 Å². The van der Waals surface area contributed by atoms with Crippen LogP contribution in [0.2, 0.25) is 0 Å². The lowest BCUT2D eigenvalue weighted by atomic mass is 10.2. The maximum atomic E-state index is 11.0. The summed E-state index contributed by atoms with van der Waals surface area (Å²) in [5.74, 6) is -0.115. The standard InChI is InChI=1S/C20H16N4OS/c1-14(25)23-18-9-7-17(8-10-18)22-12-16(11-21)20-24-19(13-26-20)15-5-3-2-4-6-15/h2-10,12-13,22H,1H3,(H,23,25)/b16-12-. The van der Waals surface area contributed by atoms with Gasteiger partial charge in [0.05, 0.1) is 5.69 Å². The Labute approximate surface area is 155 Å². The highest BCUT2D eigenvalue weighted by Crippen LogP contribution is 2.26. The van der Waals surface area contributed by atoms with E-state index in [1.165, 1.54) is 18.3 Å². The van der Waals surface area contributed by atoms with Crippen molar-refractivity contribution < 1.29 is 4.79 Å². The third-order valence-corrected chi connectivity index (χ3v) is 4.39. The summed E-state index contributed by atoms with van der Waals surface area (Å²) in [4.78, 5) is 15.6. The minimum Gasteiger partial charge on any atom is -0.360 e. The SMILES string of the molecule is CC(=O)Nc1ccc(N/C=C(/C#N)c2nc(-c3ccccc3)cs2)cc1. The predicted molar refractivity (Wildman–Crippen MR) is 106 cm³/mol. The zero-order chi connectivity index (χ0) is 18.4. The molecule has 0 saturated heterocycles. The topological polar surface area (TPSA) is 77.8 Å². The molecule has 0 aliphatic carbocycles. The molecule has 0 aliphatic heterocycles. The lowest BCUT2D eigenvalue weighted by Crippen LogP contribution is -2.05. The molecule has 0 saturated carbocycles. The van der Waals surface area contributed by atoms with E-state index >= 15 is 0 Å². The van der Waals surface area contributed by atoms with Gasteiger partial charge in [0.25, 0.3) is 0 Å². The number of hydrogen-bond donors (Lipinski definition) is 2. The summed E-state index contributed by atoms with van der Waals surface area (Å²) >= 11 is 1.43. The van der Waals surface area contributed by atoms with Gasteiger partial charge < -0.3 is 10.6 Å². The molecule has 6 heteroatoms. The van der Waals surface area contributed by atoms with Crippen molar-refractivity contribution in [1.29, 1.82) is 5.26 Å². The predicted octanol–water partition coefficient (Wildman–Crippen LogP) is 4.75. The van der Waals surface area contributed by atoms with Crippen molar-refractivity contribution >= 4 is 34.2 Å². The first-order valence-corrected chi connectivity index (χ1v) is 8.79. The Morgan fingerprint density at radius 3 is 2.46 bits per heavy atom. The number of amides is 1. The molecule has 1 aromatic heterocycles. The second-order valence-corrected chi connectivity index (χ2v) is 6.33. The molecule has 5 nitrogen and oxygen atoms in total. The highest BCUT2D eigenvalue weighted by atomic mass is 32.1.